The molecule has 27 heavy (non-hydrogen) atoms. The first-order chi connectivity index (χ1) is 13.0. The average Bonchev–Trinajstić information content (AvgIpc) is 2.66. The summed E-state index contributed by atoms with van der Waals surface area (Å²) >= 11 is 11.7. The standard InChI is InChI=1S/C20H19ClN2O3S/c1-11-16(18(24)12-7-5-4-6-8-12)17(23-20(27)22-11)13-9-14(21)19(26-3)15(10-13)25-2/h4-10,17H,1-3H3,(H2,22,23,27). The van der Waals surface area contributed by atoms with Crippen molar-refractivity contribution in [3.8, 4) is 11.5 Å². The highest BCUT2D eigenvalue weighted by molar-refractivity contribution is 7.80. The van der Waals surface area contributed by atoms with E-state index < -0.39 is 6.04 Å². The summed E-state index contributed by atoms with van der Waals surface area (Å²) in [6.07, 6.45) is 0. The number of allylic oxidation sites excluding steroid dienone is 1. The van der Waals surface area contributed by atoms with E-state index in [0.29, 0.717) is 38.5 Å². The molecule has 0 aliphatic carbocycles. The van der Waals surface area contributed by atoms with Crippen molar-refractivity contribution in [3.63, 3.8) is 0 Å². The molecule has 0 fully saturated rings. The summed E-state index contributed by atoms with van der Waals surface area (Å²) < 4.78 is 10.7. The lowest BCUT2D eigenvalue weighted by Crippen LogP contribution is -2.44. The zero-order chi connectivity index (χ0) is 19.6. The van der Waals surface area contributed by atoms with E-state index in [9.17, 15) is 4.79 Å². The fourth-order valence-electron chi connectivity index (χ4n) is 3.09. The van der Waals surface area contributed by atoms with Crippen LogP contribution in [0.25, 0.3) is 0 Å². The van der Waals surface area contributed by atoms with Crippen molar-refractivity contribution in [2.75, 3.05) is 14.2 Å². The van der Waals surface area contributed by atoms with Crippen LogP contribution >= 0.6 is 23.8 Å². The summed E-state index contributed by atoms with van der Waals surface area (Å²) in [5.41, 5.74) is 2.61. The van der Waals surface area contributed by atoms with Gasteiger partial charge in [-0.3, -0.25) is 4.79 Å². The number of ketones is 1. The van der Waals surface area contributed by atoms with E-state index in [-0.39, 0.29) is 5.78 Å². The normalized spacial score (nSPS) is 16.4. The second-order valence-corrected chi connectivity index (χ2v) is 6.82. The van der Waals surface area contributed by atoms with Crippen molar-refractivity contribution in [2.24, 2.45) is 0 Å². The molecular formula is C20H19ClN2O3S. The fraction of sp³-hybridized carbons (Fsp3) is 0.200. The van der Waals surface area contributed by atoms with Crippen molar-refractivity contribution < 1.29 is 14.3 Å². The molecule has 2 aromatic rings. The highest BCUT2D eigenvalue weighted by Crippen LogP contribution is 2.40. The maximum absolute atomic E-state index is 13.2. The van der Waals surface area contributed by atoms with E-state index in [1.807, 2.05) is 25.1 Å². The Bertz CT molecular complexity index is 928. The minimum absolute atomic E-state index is 0.0912. The number of hydrogen-bond acceptors (Lipinski definition) is 4. The van der Waals surface area contributed by atoms with Crippen LogP contribution in [0.5, 0.6) is 11.5 Å². The minimum Gasteiger partial charge on any atom is -0.493 e. The summed E-state index contributed by atoms with van der Waals surface area (Å²) in [5, 5.41) is 7.03. The van der Waals surface area contributed by atoms with Crippen molar-refractivity contribution in [2.45, 2.75) is 13.0 Å². The molecular weight excluding hydrogens is 384 g/mol. The molecule has 0 spiro atoms. The third-order valence-electron chi connectivity index (χ3n) is 4.34. The maximum Gasteiger partial charge on any atom is 0.193 e. The zero-order valence-electron chi connectivity index (χ0n) is 15.1. The van der Waals surface area contributed by atoms with Gasteiger partial charge in [-0.05, 0) is 36.8 Å². The smallest absolute Gasteiger partial charge is 0.193 e. The maximum atomic E-state index is 13.2. The molecule has 0 saturated carbocycles. The van der Waals surface area contributed by atoms with Gasteiger partial charge in [-0.25, -0.2) is 0 Å². The van der Waals surface area contributed by atoms with Gasteiger partial charge in [0.1, 0.15) is 0 Å². The Kier molecular flexibility index (Phi) is 5.68. The molecule has 0 amide bonds. The zero-order valence-corrected chi connectivity index (χ0v) is 16.7. The first kappa shape index (κ1) is 19.2. The van der Waals surface area contributed by atoms with Crippen molar-refractivity contribution in [3.05, 3.63) is 69.9 Å². The van der Waals surface area contributed by atoms with Gasteiger partial charge in [0.15, 0.2) is 22.4 Å². The van der Waals surface area contributed by atoms with E-state index in [1.165, 1.54) is 14.2 Å². The van der Waals surface area contributed by atoms with Crippen LogP contribution in [0.2, 0.25) is 5.02 Å². The molecule has 3 rings (SSSR count). The number of benzene rings is 2. The van der Waals surface area contributed by atoms with Gasteiger partial charge in [0.2, 0.25) is 0 Å². The molecule has 0 saturated heterocycles. The Morgan fingerprint density at radius 2 is 1.85 bits per heavy atom. The average molecular weight is 403 g/mol. The summed E-state index contributed by atoms with van der Waals surface area (Å²) in [5.74, 6) is 0.831. The third-order valence-corrected chi connectivity index (χ3v) is 4.84. The summed E-state index contributed by atoms with van der Waals surface area (Å²) in [6, 6.07) is 12.2. The predicted molar refractivity (Wildman–Crippen MR) is 110 cm³/mol. The molecule has 0 aromatic heterocycles. The molecule has 140 valence electrons. The van der Waals surface area contributed by atoms with Gasteiger partial charge in [-0.2, -0.15) is 0 Å². The van der Waals surface area contributed by atoms with Crippen LogP contribution in [0.3, 0.4) is 0 Å². The molecule has 2 aromatic carbocycles. The molecule has 2 N–H and O–H groups in total. The van der Waals surface area contributed by atoms with Crippen molar-refractivity contribution in [1.82, 2.24) is 10.6 Å². The van der Waals surface area contributed by atoms with Gasteiger partial charge < -0.3 is 20.1 Å². The Balaban J connectivity index is 2.12. The summed E-state index contributed by atoms with van der Waals surface area (Å²) in [7, 11) is 3.06. The lowest BCUT2D eigenvalue weighted by molar-refractivity contribution is 0.102. The SMILES string of the molecule is COc1cc(C2NC(=S)NC(C)=C2C(=O)c2ccccc2)cc(Cl)c1OC. The molecule has 5 nitrogen and oxygen atoms in total. The number of hydrogen-bond donors (Lipinski definition) is 2. The second kappa shape index (κ2) is 7.98. The number of rotatable bonds is 5. The lowest BCUT2D eigenvalue weighted by atomic mass is 9.89. The Hall–Kier alpha value is -2.57. The molecule has 0 radical (unpaired) electrons. The Labute approximate surface area is 168 Å². The van der Waals surface area contributed by atoms with E-state index >= 15 is 0 Å². The molecule has 1 heterocycles. The van der Waals surface area contributed by atoms with Gasteiger partial charge in [-0.15, -0.1) is 0 Å². The quantitative estimate of drug-likeness (QED) is 0.581. The van der Waals surface area contributed by atoms with Crippen LogP contribution in [-0.2, 0) is 0 Å². The highest BCUT2D eigenvalue weighted by Gasteiger charge is 2.31. The van der Waals surface area contributed by atoms with Crippen LogP contribution in [0, 0.1) is 0 Å². The lowest BCUT2D eigenvalue weighted by Gasteiger charge is -2.31. The van der Waals surface area contributed by atoms with Gasteiger partial charge in [0.05, 0.1) is 25.3 Å². The first-order valence-electron chi connectivity index (χ1n) is 8.25. The van der Waals surface area contributed by atoms with Crippen LogP contribution in [0.4, 0.5) is 0 Å². The molecule has 0 bridgehead atoms. The Morgan fingerprint density at radius 3 is 2.48 bits per heavy atom. The molecule has 1 aliphatic rings. The summed E-state index contributed by atoms with van der Waals surface area (Å²) in [4.78, 5) is 13.2. The van der Waals surface area contributed by atoms with Gasteiger partial charge >= 0.3 is 0 Å². The minimum atomic E-state index is -0.469. The van der Waals surface area contributed by atoms with E-state index in [0.717, 1.165) is 5.56 Å². The largest absolute Gasteiger partial charge is 0.493 e. The van der Waals surface area contributed by atoms with Crippen LogP contribution < -0.4 is 20.1 Å². The van der Waals surface area contributed by atoms with Crippen molar-refractivity contribution >= 4 is 34.7 Å². The second-order valence-electron chi connectivity index (χ2n) is 6.00. The summed E-state index contributed by atoms with van der Waals surface area (Å²) in [6.45, 7) is 1.83. The number of carbonyl (C=O) groups excluding carboxylic acids is 1. The van der Waals surface area contributed by atoms with Gasteiger partial charge in [0, 0.05) is 16.8 Å². The van der Waals surface area contributed by atoms with Gasteiger partial charge in [0.25, 0.3) is 0 Å². The molecule has 1 unspecified atom stereocenters. The first-order valence-corrected chi connectivity index (χ1v) is 9.04. The Morgan fingerprint density at radius 1 is 1.15 bits per heavy atom. The van der Waals surface area contributed by atoms with Gasteiger partial charge in [-0.1, -0.05) is 41.9 Å². The monoisotopic (exact) mass is 402 g/mol. The number of methoxy groups -OCH3 is 2. The third kappa shape index (κ3) is 3.77. The van der Waals surface area contributed by atoms with E-state index in [4.69, 9.17) is 33.3 Å². The highest BCUT2D eigenvalue weighted by atomic mass is 35.5. The van der Waals surface area contributed by atoms with Crippen LogP contribution in [0.15, 0.2) is 53.7 Å². The van der Waals surface area contributed by atoms with Crippen LogP contribution in [0.1, 0.15) is 28.9 Å². The number of Topliss-reactive ketones (excluding diaryl/α,β-unsaturated/α-hetero) is 1. The van der Waals surface area contributed by atoms with E-state index in [1.54, 1.807) is 24.3 Å². The van der Waals surface area contributed by atoms with E-state index in [2.05, 4.69) is 10.6 Å². The fourth-order valence-corrected chi connectivity index (χ4v) is 3.66. The van der Waals surface area contributed by atoms with Crippen LogP contribution in [-0.4, -0.2) is 25.1 Å². The number of thiocarbonyl (C=S) groups is 1. The number of carbonyl (C=O) groups is 1. The topological polar surface area (TPSA) is 59.6 Å². The molecule has 1 aliphatic heterocycles. The predicted octanol–water partition coefficient (Wildman–Crippen LogP) is 4.03. The van der Waals surface area contributed by atoms with Crippen molar-refractivity contribution in [1.29, 1.82) is 0 Å². The molecule has 7 heteroatoms. The molecule has 1 atom stereocenters. The number of ether oxygens (including phenoxy) is 2. The number of nitrogens with one attached hydrogen (secondary N) is 2. The number of halogens is 1.